The second-order valence-corrected chi connectivity index (χ2v) is 3.13. The summed E-state index contributed by atoms with van der Waals surface area (Å²) in [6.07, 6.45) is 8.90. The molecule has 0 saturated carbocycles. The second kappa shape index (κ2) is 3.39. The first-order valence-corrected chi connectivity index (χ1v) is 4.35. The third-order valence-corrected chi connectivity index (χ3v) is 2.34. The van der Waals surface area contributed by atoms with Crippen molar-refractivity contribution < 1.29 is 0 Å². The van der Waals surface area contributed by atoms with E-state index in [0.717, 1.165) is 17.5 Å². The molecular weight excluding hydrogens is 196 g/mol. The lowest BCUT2D eigenvalue weighted by molar-refractivity contribution is 1.29. The van der Waals surface area contributed by atoms with Crippen LogP contribution in [0.3, 0.4) is 0 Å². The van der Waals surface area contributed by atoms with Crippen molar-refractivity contribution in [1.29, 1.82) is 0 Å². The Morgan fingerprint density at radius 2 is 2.14 bits per heavy atom. The molecule has 0 bridgehead atoms. The van der Waals surface area contributed by atoms with Gasteiger partial charge in [0.15, 0.2) is 0 Å². The molecule has 0 aromatic heterocycles. The van der Waals surface area contributed by atoms with Gasteiger partial charge < -0.3 is 0 Å². The summed E-state index contributed by atoms with van der Waals surface area (Å²) < 4.78 is 0. The summed E-state index contributed by atoms with van der Waals surface area (Å²) in [4.78, 5) is 8.65. The number of fused-ring (bicyclic) bond motifs is 3. The van der Waals surface area contributed by atoms with Crippen LogP contribution in [0.15, 0.2) is 28.3 Å². The lowest BCUT2D eigenvalue weighted by Crippen LogP contribution is -2.27. The molecule has 0 radical (unpaired) electrons. The van der Waals surface area contributed by atoms with E-state index in [-0.39, 0.29) is 12.4 Å². The normalized spacial score (nSPS) is 14.9. The molecule has 70 valence electrons. The zero-order chi connectivity index (χ0) is 8.67. The van der Waals surface area contributed by atoms with E-state index in [1.165, 1.54) is 10.8 Å². The molecule has 3 rings (SSSR count). The Bertz CT molecular complexity index is 541. The zero-order valence-electron chi connectivity index (χ0n) is 7.47. The minimum Gasteiger partial charge on any atom is -0.260 e. The first kappa shape index (κ1) is 9.16. The monoisotopic (exact) mass is 204 g/mol. The maximum atomic E-state index is 4.33. The highest BCUT2D eigenvalue weighted by Crippen LogP contribution is 2.09. The lowest BCUT2D eigenvalue weighted by atomic mass is 10.1. The summed E-state index contributed by atoms with van der Waals surface area (Å²) in [6.45, 7) is 0. The van der Waals surface area contributed by atoms with E-state index in [1.807, 2.05) is 24.6 Å². The average Bonchev–Trinajstić information content (AvgIpc) is 2.65. The summed E-state index contributed by atoms with van der Waals surface area (Å²) in [5, 5.41) is 2.26. The molecule has 0 amide bonds. The molecule has 0 N–H and O–H groups in total. The summed E-state index contributed by atoms with van der Waals surface area (Å²) in [7, 11) is 0. The number of aliphatic imine (C=N–C) groups is 1. The summed E-state index contributed by atoms with van der Waals surface area (Å²) in [5.74, 6) is 0. The first-order valence-electron chi connectivity index (χ1n) is 4.35. The Labute approximate surface area is 87.8 Å². The van der Waals surface area contributed by atoms with Crippen molar-refractivity contribution in [3.63, 3.8) is 0 Å². The van der Waals surface area contributed by atoms with E-state index >= 15 is 0 Å². The van der Waals surface area contributed by atoms with Gasteiger partial charge in [0.1, 0.15) is 0 Å². The van der Waals surface area contributed by atoms with Crippen LogP contribution in [0.25, 0.3) is 12.2 Å². The third-order valence-electron chi connectivity index (χ3n) is 2.34. The predicted molar refractivity (Wildman–Crippen MR) is 60.7 cm³/mol. The van der Waals surface area contributed by atoms with Crippen molar-refractivity contribution in [2.75, 3.05) is 0 Å². The van der Waals surface area contributed by atoms with Gasteiger partial charge in [-0.2, -0.15) is 0 Å². The molecule has 0 spiro atoms. The van der Waals surface area contributed by atoms with Gasteiger partial charge in [0, 0.05) is 29.6 Å². The Morgan fingerprint density at radius 1 is 1.21 bits per heavy atom. The molecule has 2 nitrogen and oxygen atoms in total. The van der Waals surface area contributed by atoms with Crippen molar-refractivity contribution in [3.05, 3.63) is 34.5 Å². The molecule has 1 aromatic carbocycles. The van der Waals surface area contributed by atoms with Crippen molar-refractivity contribution in [2.45, 2.75) is 6.42 Å². The second-order valence-electron chi connectivity index (χ2n) is 3.13. The Hall–Kier alpha value is -1.41. The summed E-state index contributed by atoms with van der Waals surface area (Å²) in [6, 6.07) is 4.11. The van der Waals surface area contributed by atoms with Gasteiger partial charge >= 0.3 is 0 Å². The van der Waals surface area contributed by atoms with E-state index < -0.39 is 0 Å². The van der Waals surface area contributed by atoms with E-state index in [2.05, 4.69) is 22.1 Å². The number of halogens is 1. The Kier molecular flexibility index (Phi) is 2.22. The topological polar surface area (TPSA) is 24.7 Å². The summed E-state index contributed by atoms with van der Waals surface area (Å²) in [5.41, 5.74) is 2.24. The third kappa shape index (κ3) is 1.19. The first-order chi connectivity index (χ1) is 6.45. The molecule has 3 heteroatoms. The highest BCUT2D eigenvalue weighted by Gasteiger charge is 2.04. The molecule has 0 unspecified atom stereocenters. The fraction of sp³-hybridized carbons (Fsp3) is 0.0909. The minimum atomic E-state index is 0. The van der Waals surface area contributed by atoms with Crippen LogP contribution in [0.1, 0.15) is 12.0 Å². The molecule has 0 aliphatic carbocycles. The van der Waals surface area contributed by atoms with Crippen LogP contribution >= 0.6 is 12.4 Å². The smallest absolute Gasteiger partial charge is 0.0793 e. The van der Waals surface area contributed by atoms with Crippen molar-refractivity contribution in [1.82, 2.24) is 0 Å². The van der Waals surface area contributed by atoms with Crippen molar-refractivity contribution in [2.24, 2.45) is 9.98 Å². The van der Waals surface area contributed by atoms with E-state index in [4.69, 9.17) is 0 Å². The molecule has 2 heterocycles. The van der Waals surface area contributed by atoms with Gasteiger partial charge in [0.2, 0.25) is 0 Å². The quantitative estimate of drug-likeness (QED) is 0.614. The van der Waals surface area contributed by atoms with Gasteiger partial charge in [0.25, 0.3) is 0 Å². The predicted octanol–water partition coefficient (Wildman–Crippen LogP) is 1.60. The van der Waals surface area contributed by atoms with Crippen LogP contribution in [0.5, 0.6) is 0 Å². The van der Waals surface area contributed by atoms with Crippen LogP contribution < -0.4 is 10.6 Å². The Morgan fingerprint density at radius 3 is 3.07 bits per heavy atom. The highest BCUT2D eigenvalue weighted by atomic mass is 35.5. The molecule has 0 fully saturated rings. The molecule has 14 heavy (non-hydrogen) atoms. The van der Waals surface area contributed by atoms with Crippen molar-refractivity contribution in [3.8, 4) is 0 Å². The fourth-order valence-corrected chi connectivity index (χ4v) is 1.72. The van der Waals surface area contributed by atoms with Gasteiger partial charge in [-0.1, -0.05) is 12.1 Å². The number of benzene rings is 1. The minimum absolute atomic E-state index is 0. The Balaban J connectivity index is 0.000000750. The van der Waals surface area contributed by atoms with Gasteiger partial charge in [-0.3, -0.25) is 9.98 Å². The number of rotatable bonds is 0. The van der Waals surface area contributed by atoms with Gasteiger partial charge in [-0.25, -0.2) is 0 Å². The van der Waals surface area contributed by atoms with Crippen LogP contribution in [-0.2, 0) is 0 Å². The van der Waals surface area contributed by atoms with Crippen molar-refractivity contribution >= 4 is 36.5 Å². The van der Waals surface area contributed by atoms with E-state index in [9.17, 15) is 0 Å². The molecular formula is C11H9ClN2. The van der Waals surface area contributed by atoms with Gasteiger partial charge in [-0.05, 0) is 12.1 Å². The van der Waals surface area contributed by atoms with Crippen LogP contribution in [-0.4, -0.2) is 6.21 Å². The lowest BCUT2D eigenvalue weighted by Gasteiger charge is -2.01. The SMILES string of the molecule is C1=Cc2ccc3c(c2=N1)=CCC=N3.Cl. The van der Waals surface area contributed by atoms with E-state index in [0.29, 0.717) is 0 Å². The largest absolute Gasteiger partial charge is 0.260 e. The molecule has 2 aliphatic rings. The highest BCUT2D eigenvalue weighted by molar-refractivity contribution is 5.85. The molecule has 0 atom stereocenters. The maximum Gasteiger partial charge on any atom is 0.0793 e. The van der Waals surface area contributed by atoms with Gasteiger partial charge in [-0.15, -0.1) is 12.4 Å². The molecule has 0 saturated heterocycles. The van der Waals surface area contributed by atoms with Crippen LogP contribution in [0.4, 0.5) is 5.69 Å². The zero-order valence-corrected chi connectivity index (χ0v) is 8.29. The number of nitrogens with zero attached hydrogens (tertiary/aromatic N) is 2. The molecule has 1 aromatic rings. The number of hydrogen-bond acceptors (Lipinski definition) is 2. The van der Waals surface area contributed by atoms with Crippen LogP contribution in [0.2, 0.25) is 0 Å². The maximum absolute atomic E-state index is 4.33. The van der Waals surface area contributed by atoms with Gasteiger partial charge in [0.05, 0.1) is 11.0 Å². The average molecular weight is 205 g/mol. The molecule has 2 aliphatic heterocycles. The van der Waals surface area contributed by atoms with E-state index in [1.54, 1.807) is 0 Å². The van der Waals surface area contributed by atoms with Crippen LogP contribution in [0, 0.1) is 0 Å². The summed E-state index contributed by atoms with van der Waals surface area (Å²) >= 11 is 0. The number of hydrogen-bond donors (Lipinski definition) is 0. The fourth-order valence-electron chi connectivity index (χ4n) is 1.72. The standard InChI is InChI=1S/C11H8N2.ClH/c1-2-9-10(12-6-1)4-3-8-5-7-13-11(8)9;/h2-7H,1H2;1H.